The summed E-state index contributed by atoms with van der Waals surface area (Å²) in [4.78, 5) is 17.8. The van der Waals surface area contributed by atoms with Crippen molar-refractivity contribution in [2.75, 3.05) is 0 Å². The number of oxazole rings is 1. The molecule has 0 amide bonds. The summed E-state index contributed by atoms with van der Waals surface area (Å²) in [6.07, 6.45) is 18.6. The van der Waals surface area contributed by atoms with E-state index < -0.39 is 0 Å². The third-order valence-electron chi connectivity index (χ3n) is 9.15. The molecule has 0 saturated heterocycles. The molecule has 0 aliphatic heterocycles. The minimum Gasteiger partial charge on any atom is -0.435 e. The van der Waals surface area contributed by atoms with Crippen LogP contribution in [-0.2, 0) is 42.1 Å². The second-order valence-corrected chi connectivity index (χ2v) is 12.8. The molecule has 3 aromatic carbocycles. The van der Waals surface area contributed by atoms with E-state index in [9.17, 15) is 0 Å². The Morgan fingerprint density at radius 2 is 1.15 bits per heavy atom. The van der Waals surface area contributed by atoms with Crippen LogP contribution >= 0.6 is 0 Å². The minimum absolute atomic E-state index is 0. The van der Waals surface area contributed by atoms with E-state index in [1.165, 1.54) is 44.9 Å². The summed E-state index contributed by atoms with van der Waals surface area (Å²) in [6.45, 7) is 0. The third-order valence-corrected chi connectivity index (χ3v) is 9.15. The topological polar surface area (TPSA) is 64.7 Å². The van der Waals surface area contributed by atoms with Crippen LogP contribution in [0.3, 0.4) is 0 Å². The zero-order chi connectivity index (χ0) is 33.8. The number of pyridine rings is 3. The van der Waals surface area contributed by atoms with Gasteiger partial charge in [-0.15, -0.1) is 60.2 Å². The van der Waals surface area contributed by atoms with Crippen molar-refractivity contribution in [1.29, 1.82) is 0 Å². The fourth-order valence-corrected chi connectivity index (χ4v) is 6.60. The van der Waals surface area contributed by atoms with Crippen LogP contribution in [-0.4, -0.2) is 19.9 Å². The van der Waals surface area contributed by atoms with Gasteiger partial charge in [0.15, 0.2) is 5.58 Å². The number of hydrogen-bond acceptors (Lipinski definition) is 5. The second-order valence-electron chi connectivity index (χ2n) is 12.8. The van der Waals surface area contributed by atoms with E-state index in [0.29, 0.717) is 5.89 Å². The van der Waals surface area contributed by atoms with Gasteiger partial charge in [-0.1, -0.05) is 90.8 Å². The summed E-state index contributed by atoms with van der Waals surface area (Å²) in [5.41, 5.74) is 7.96. The van der Waals surface area contributed by atoms with Crippen molar-refractivity contribution in [3.8, 4) is 45.4 Å². The predicted octanol–water partition coefficient (Wildman–Crippen LogP) is 11.3. The molecule has 52 heavy (non-hydrogen) atoms. The van der Waals surface area contributed by atoms with Crippen molar-refractivity contribution >= 4 is 11.1 Å². The Morgan fingerprint density at radius 1 is 0.577 bits per heavy atom. The average Bonchev–Trinajstić information content (AvgIpc) is 4.00. The van der Waals surface area contributed by atoms with Gasteiger partial charge in [0.2, 0.25) is 5.89 Å². The van der Waals surface area contributed by atoms with E-state index in [1.54, 1.807) is 12.4 Å². The van der Waals surface area contributed by atoms with Crippen LogP contribution in [0.1, 0.15) is 44.9 Å². The molecule has 7 heteroatoms. The molecule has 0 N–H and O–H groups in total. The molecule has 2 aliphatic carbocycles. The molecule has 2 atom stereocenters. The third kappa shape index (κ3) is 10.7. The van der Waals surface area contributed by atoms with E-state index in [2.05, 4.69) is 44.9 Å². The van der Waals surface area contributed by atoms with Gasteiger partial charge in [0.05, 0.1) is 0 Å². The van der Waals surface area contributed by atoms with Crippen molar-refractivity contribution in [3.63, 3.8) is 0 Å². The number of rotatable bonds is 6. The largest absolute Gasteiger partial charge is 2.00 e. The van der Waals surface area contributed by atoms with Crippen molar-refractivity contribution in [2.24, 2.45) is 11.8 Å². The zero-order valence-corrected chi connectivity index (χ0v) is 33.3. The standard InChI is InChI=1S/C18H11N2O.C16H11N2.C11H18.2Pt/c1-2-7-13(8-3-1)14-10-6-11-16(19-14)18-20-15-9-4-5-12-17(15)21-18;1-3-10-17-15(8-1)13-6-5-7-14(12-13)16-9-2-4-11-18-16;1-2-6-10(5-1)9-11-7-3-4-8-11;;/h1-7,9-12H;1-11H;1,3,10-11H,2,4-9H2;;/q2*-1;-2;2*+2. The maximum atomic E-state index is 5.76. The number of aromatic nitrogens is 4. The maximum Gasteiger partial charge on any atom is 2.00 e. The van der Waals surface area contributed by atoms with Gasteiger partial charge < -0.3 is 17.3 Å². The molecule has 4 heterocycles. The number of fused-ring (bicyclic) bond motifs is 1. The van der Waals surface area contributed by atoms with Crippen LogP contribution in [0.4, 0.5) is 0 Å². The van der Waals surface area contributed by atoms with Gasteiger partial charge >= 0.3 is 42.1 Å². The first kappa shape index (κ1) is 39.2. The first-order chi connectivity index (χ1) is 24.8. The number of hydrogen-bond donors (Lipinski definition) is 0. The molecule has 7 aromatic rings. The summed E-state index contributed by atoms with van der Waals surface area (Å²) >= 11 is 0. The molecule has 2 saturated carbocycles. The molecular formula is C45H40N4OPt2. The van der Waals surface area contributed by atoms with Gasteiger partial charge in [-0.05, 0) is 36.0 Å². The van der Waals surface area contributed by atoms with Crippen LogP contribution in [0.25, 0.3) is 56.5 Å². The fraction of sp³-hybridized carbons (Fsp3) is 0.200. The molecule has 266 valence electrons. The first-order valence-electron chi connectivity index (χ1n) is 17.6. The van der Waals surface area contributed by atoms with Crippen LogP contribution in [0.15, 0.2) is 138 Å². The quantitative estimate of drug-likeness (QED) is 0.155. The molecule has 0 bridgehead atoms. The van der Waals surface area contributed by atoms with Crippen molar-refractivity contribution in [3.05, 3.63) is 159 Å². The molecule has 2 aliphatic rings. The van der Waals surface area contributed by atoms with E-state index in [1.807, 2.05) is 121 Å². The number of para-hydroxylation sites is 2. The maximum absolute atomic E-state index is 5.76. The Bertz CT molecular complexity index is 1960. The van der Waals surface area contributed by atoms with Crippen molar-refractivity contribution < 1.29 is 46.5 Å². The van der Waals surface area contributed by atoms with Gasteiger partial charge in [-0.3, -0.25) is 15.0 Å². The Morgan fingerprint density at radius 3 is 1.73 bits per heavy atom. The predicted molar refractivity (Wildman–Crippen MR) is 201 cm³/mol. The van der Waals surface area contributed by atoms with Crippen LogP contribution in [0, 0.1) is 36.8 Å². The molecule has 2 fully saturated rings. The van der Waals surface area contributed by atoms with Crippen LogP contribution < -0.4 is 0 Å². The molecule has 5 nitrogen and oxygen atoms in total. The number of nitrogens with zero attached hydrogens (tertiary/aromatic N) is 4. The second kappa shape index (κ2) is 20.3. The molecule has 9 rings (SSSR count). The summed E-state index contributed by atoms with van der Waals surface area (Å²) in [7, 11) is 0. The molecule has 2 unspecified atom stereocenters. The van der Waals surface area contributed by atoms with Gasteiger partial charge in [0.25, 0.3) is 0 Å². The van der Waals surface area contributed by atoms with Gasteiger partial charge in [-0.25, -0.2) is 4.98 Å². The fourth-order valence-electron chi connectivity index (χ4n) is 6.60. The smallest absolute Gasteiger partial charge is 0.435 e. The minimum atomic E-state index is 0. The van der Waals surface area contributed by atoms with Gasteiger partial charge in [0, 0.05) is 23.8 Å². The Labute approximate surface area is 336 Å². The number of benzene rings is 3. The van der Waals surface area contributed by atoms with E-state index in [-0.39, 0.29) is 42.1 Å². The Kier molecular flexibility index (Phi) is 15.3. The van der Waals surface area contributed by atoms with E-state index in [4.69, 9.17) is 4.42 Å². The Balaban J connectivity index is 0.000000154. The molecule has 0 spiro atoms. The van der Waals surface area contributed by atoms with E-state index in [0.717, 1.165) is 62.4 Å². The molecule has 0 radical (unpaired) electrons. The van der Waals surface area contributed by atoms with Crippen molar-refractivity contribution in [2.45, 2.75) is 44.9 Å². The zero-order valence-electron chi connectivity index (χ0n) is 28.8. The monoisotopic (exact) mass is 1040 g/mol. The summed E-state index contributed by atoms with van der Waals surface area (Å²) in [6, 6.07) is 45.6. The van der Waals surface area contributed by atoms with Gasteiger partial charge in [0.1, 0.15) is 11.2 Å². The normalized spacial score (nSPS) is 16.0. The average molecular weight is 1040 g/mol. The summed E-state index contributed by atoms with van der Waals surface area (Å²) < 4.78 is 5.76. The van der Waals surface area contributed by atoms with Crippen LogP contribution in [0.2, 0.25) is 0 Å². The van der Waals surface area contributed by atoms with Crippen LogP contribution in [0.5, 0.6) is 0 Å². The van der Waals surface area contributed by atoms with E-state index >= 15 is 0 Å². The molecule has 4 aromatic heterocycles. The van der Waals surface area contributed by atoms with Crippen molar-refractivity contribution in [1.82, 2.24) is 19.9 Å². The van der Waals surface area contributed by atoms with Gasteiger partial charge in [-0.2, -0.15) is 25.7 Å². The SMILES string of the molecule is [CH-]1CCC(CC2C[CH-]CC2)C1.[Pt+2].[Pt+2].[c-]1c(-c2ccccn2)cccc1-c1ccccn1.[c-]1ccccc1-c1cccc(-c2nc3ccccc3o2)n1. The Hall–Kier alpha value is -4.04. The first-order valence-corrected chi connectivity index (χ1v) is 17.6. The summed E-state index contributed by atoms with van der Waals surface area (Å²) in [5, 5.41) is 0. The molecular weight excluding hydrogens is 1000 g/mol. The summed E-state index contributed by atoms with van der Waals surface area (Å²) in [5.74, 6) is 2.66.